The van der Waals surface area contributed by atoms with E-state index in [0.717, 1.165) is 31.6 Å². The molecule has 2 saturated heterocycles. The number of ether oxygens (including phenoxy) is 1. The second-order valence-electron chi connectivity index (χ2n) is 5.18. The summed E-state index contributed by atoms with van der Waals surface area (Å²) in [6.07, 6.45) is 2.05. The number of anilines is 1. The van der Waals surface area contributed by atoms with Crippen molar-refractivity contribution < 1.29 is 9.53 Å². The minimum Gasteiger partial charge on any atom is -0.362 e. The number of halogens is 1. The molecule has 0 aliphatic carbocycles. The molecule has 1 unspecified atom stereocenters. The minimum atomic E-state index is -0.259. The molecule has 2 aliphatic heterocycles. The van der Waals surface area contributed by atoms with Gasteiger partial charge in [-0.2, -0.15) is 0 Å². The lowest BCUT2D eigenvalue weighted by atomic mass is 9.91. The third kappa shape index (κ3) is 2.48. The Morgan fingerprint density at radius 1 is 1.37 bits per heavy atom. The maximum absolute atomic E-state index is 12.1. The van der Waals surface area contributed by atoms with E-state index in [0.29, 0.717) is 11.6 Å². The molecule has 0 aromatic heterocycles. The number of benzene rings is 1. The Kier molecular flexibility index (Phi) is 3.48. The molecule has 2 heterocycles. The largest absolute Gasteiger partial charge is 0.362 e. The highest BCUT2D eigenvalue weighted by molar-refractivity contribution is 6.33. The van der Waals surface area contributed by atoms with Crippen molar-refractivity contribution in [3.8, 4) is 0 Å². The summed E-state index contributed by atoms with van der Waals surface area (Å²) in [4.78, 5) is 13.9. The van der Waals surface area contributed by atoms with Crippen molar-refractivity contribution >= 4 is 23.2 Å². The van der Waals surface area contributed by atoms with Gasteiger partial charge in [0.15, 0.2) is 0 Å². The number of hydrogen-bond acceptors (Lipinski definition) is 3. The Labute approximate surface area is 117 Å². The van der Waals surface area contributed by atoms with Crippen LogP contribution in [0.5, 0.6) is 0 Å². The van der Waals surface area contributed by atoms with Gasteiger partial charge < -0.3 is 15.0 Å². The van der Waals surface area contributed by atoms with E-state index in [9.17, 15) is 4.79 Å². The Bertz CT molecular complexity index is 486. The first-order valence-electron chi connectivity index (χ1n) is 6.60. The standard InChI is InChI=1S/C14H17ClN2O2/c15-11-4-1-2-5-12(11)17-10-14(19-8-13(17)18)6-3-7-16-9-14/h1-2,4-5,16H,3,6-10H2. The number of amides is 1. The summed E-state index contributed by atoms with van der Waals surface area (Å²) in [5.74, 6) is -0.0238. The Balaban J connectivity index is 1.87. The molecule has 2 aliphatic rings. The summed E-state index contributed by atoms with van der Waals surface area (Å²) < 4.78 is 5.81. The van der Waals surface area contributed by atoms with E-state index in [2.05, 4.69) is 5.32 Å². The van der Waals surface area contributed by atoms with Gasteiger partial charge in [0.25, 0.3) is 5.91 Å². The molecular formula is C14H17ClN2O2. The zero-order valence-electron chi connectivity index (χ0n) is 10.7. The summed E-state index contributed by atoms with van der Waals surface area (Å²) in [6, 6.07) is 7.46. The van der Waals surface area contributed by atoms with Crippen molar-refractivity contribution in [2.75, 3.05) is 31.1 Å². The molecule has 1 atom stereocenters. The van der Waals surface area contributed by atoms with Crippen LogP contribution in [-0.2, 0) is 9.53 Å². The molecular weight excluding hydrogens is 264 g/mol. The van der Waals surface area contributed by atoms with Crippen LogP contribution >= 0.6 is 11.6 Å². The number of nitrogens with zero attached hydrogens (tertiary/aromatic N) is 1. The zero-order chi connectivity index (χ0) is 13.3. The van der Waals surface area contributed by atoms with Gasteiger partial charge in [0, 0.05) is 6.54 Å². The molecule has 0 bridgehead atoms. The van der Waals surface area contributed by atoms with Gasteiger partial charge in [-0.25, -0.2) is 0 Å². The molecule has 1 N–H and O–H groups in total. The highest BCUT2D eigenvalue weighted by Gasteiger charge is 2.41. The molecule has 102 valence electrons. The van der Waals surface area contributed by atoms with Crippen molar-refractivity contribution in [3.63, 3.8) is 0 Å². The lowest BCUT2D eigenvalue weighted by Crippen LogP contribution is -2.60. The molecule has 1 spiro atoms. The van der Waals surface area contributed by atoms with Gasteiger partial charge in [0.1, 0.15) is 6.61 Å². The van der Waals surface area contributed by atoms with Gasteiger partial charge in [-0.05, 0) is 31.5 Å². The fourth-order valence-electron chi connectivity index (χ4n) is 2.80. The number of morpholine rings is 1. The lowest BCUT2D eigenvalue weighted by molar-refractivity contribution is -0.140. The van der Waals surface area contributed by atoms with Gasteiger partial charge in [-0.15, -0.1) is 0 Å². The van der Waals surface area contributed by atoms with Crippen LogP contribution in [0.15, 0.2) is 24.3 Å². The summed E-state index contributed by atoms with van der Waals surface area (Å²) in [7, 11) is 0. The highest BCUT2D eigenvalue weighted by Crippen LogP contribution is 2.32. The van der Waals surface area contributed by atoms with Crippen LogP contribution in [0.25, 0.3) is 0 Å². The monoisotopic (exact) mass is 280 g/mol. The maximum Gasteiger partial charge on any atom is 0.253 e. The van der Waals surface area contributed by atoms with Crippen LogP contribution in [0.1, 0.15) is 12.8 Å². The van der Waals surface area contributed by atoms with E-state index in [-0.39, 0.29) is 18.1 Å². The lowest BCUT2D eigenvalue weighted by Gasteiger charge is -2.44. The smallest absolute Gasteiger partial charge is 0.253 e. The molecule has 1 aromatic rings. The van der Waals surface area contributed by atoms with E-state index in [1.54, 1.807) is 4.90 Å². The molecule has 1 amide bonds. The third-order valence-corrected chi connectivity index (χ3v) is 4.15. The molecule has 0 saturated carbocycles. The Hall–Kier alpha value is -1.10. The van der Waals surface area contributed by atoms with Gasteiger partial charge in [-0.1, -0.05) is 23.7 Å². The van der Waals surface area contributed by atoms with E-state index < -0.39 is 0 Å². The average Bonchev–Trinajstić information content (AvgIpc) is 2.44. The Morgan fingerprint density at radius 3 is 2.95 bits per heavy atom. The van der Waals surface area contributed by atoms with Gasteiger partial charge in [-0.3, -0.25) is 4.79 Å². The first-order chi connectivity index (χ1) is 9.20. The molecule has 4 nitrogen and oxygen atoms in total. The molecule has 2 fully saturated rings. The fourth-order valence-corrected chi connectivity index (χ4v) is 3.04. The van der Waals surface area contributed by atoms with E-state index >= 15 is 0 Å². The summed E-state index contributed by atoms with van der Waals surface area (Å²) >= 11 is 6.20. The number of piperidine rings is 1. The van der Waals surface area contributed by atoms with Gasteiger partial charge in [0.05, 0.1) is 22.9 Å². The van der Waals surface area contributed by atoms with Crippen molar-refractivity contribution in [2.24, 2.45) is 0 Å². The van der Waals surface area contributed by atoms with Crippen LogP contribution in [0.2, 0.25) is 5.02 Å². The van der Waals surface area contributed by atoms with E-state index in [1.165, 1.54) is 0 Å². The first kappa shape index (κ1) is 12.9. The fraction of sp³-hybridized carbons (Fsp3) is 0.500. The number of carbonyl (C=O) groups is 1. The summed E-state index contributed by atoms with van der Waals surface area (Å²) in [6.45, 7) is 2.52. The quantitative estimate of drug-likeness (QED) is 0.853. The minimum absolute atomic E-state index is 0.0238. The zero-order valence-corrected chi connectivity index (χ0v) is 11.4. The van der Waals surface area contributed by atoms with Crippen LogP contribution < -0.4 is 10.2 Å². The van der Waals surface area contributed by atoms with Crippen molar-refractivity contribution in [3.05, 3.63) is 29.3 Å². The SMILES string of the molecule is O=C1COC2(CCCNC2)CN1c1ccccc1Cl. The predicted molar refractivity (Wildman–Crippen MR) is 74.6 cm³/mol. The molecule has 5 heteroatoms. The van der Waals surface area contributed by atoms with Gasteiger partial charge in [0.2, 0.25) is 0 Å². The number of rotatable bonds is 1. The highest BCUT2D eigenvalue weighted by atomic mass is 35.5. The normalized spacial score (nSPS) is 27.8. The molecule has 0 radical (unpaired) electrons. The first-order valence-corrected chi connectivity index (χ1v) is 6.98. The maximum atomic E-state index is 12.1. The summed E-state index contributed by atoms with van der Waals surface area (Å²) in [5.41, 5.74) is 0.521. The number of nitrogens with one attached hydrogen (secondary N) is 1. The third-order valence-electron chi connectivity index (χ3n) is 3.83. The van der Waals surface area contributed by atoms with Crippen molar-refractivity contribution in [1.82, 2.24) is 5.32 Å². The van der Waals surface area contributed by atoms with Crippen LogP contribution in [-0.4, -0.2) is 37.7 Å². The second kappa shape index (κ2) is 5.12. The molecule has 19 heavy (non-hydrogen) atoms. The Morgan fingerprint density at radius 2 is 2.21 bits per heavy atom. The van der Waals surface area contributed by atoms with Crippen LogP contribution in [0, 0.1) is 0 Å². The van der Waals surface area contributed by atoms with Crippen LogP contribution in [0.3, 0.4) is 0 Å². The van der Waals surface area contributed by atoms with Crippen molar-refractivity contribution in [1.29, 1.82) is 0 Å². The van der Waals surface area contributed by atoms with E-state index in [1.807, 2.05) is 24.3 Å². The van der Waals surface area contributed by atoms with Crippen molar-refractivity contribution in [2.45, 2.75) is 18.4 Å². The second-order valence-corrected chi connectivity index (χ2v) is 5.59. The average molecular weight is 281 g/mol. The molecule has 3 rings (SSSR count). The van der Waals surface area contributed by atoms with Gasteiger partial charge >= 0.3 is 0 Å². The predicted octanol–water partition coefficient (Wildman–Crippen LogP) is 1.83. The number of carbonyl (C=O) groups excluding carboxylic acids is 1. The number of hydrogen-bond donors (Lipinski definition) is 1. The summed E-state index contributed by atoms with van der Waals surface area (Å²) in [5, 5.41) is 3.96. The van der Waals surface area contributed by atoms with Crippen LogP contribution in [0.4, 0.5) is 5.69 Å². The van der Waals surface area contributed by atoms with E-state index in [4.69, 9.17) is 16.3 Å². The topological polar surface area (TPSA) is 41.6 Å². The molecule has 1 aromatic carbocycles. The number of para-hydroxylation sites is 1.